The van der Waals surface area contributed by atoms with Crippen molar-refractivity contribution in [2.75, 3.05) is 18.2 Å². The first kappa shape index (κ1) is 9.97. The van der Waals surface area contributed by atoms with Gasteiger partial charge in [0.25, 0.3) is 5.56 Å². The van der Waals surface area contributed by atoms with Crippen molar-refractivity contribution in [3.63, 3.8) is 0 Å². The van der Waals surface area contributed by atoms with E-state index in [1.54, 1.807) is 7.05 Å². The van der Waals surface area contributed by atoms with Gasteiger partial charge < -0.3 is 11.2 Å². The minimum atomic E-state index is -0.137. The van der Waals surface area contributed by atoms with Crippen LogP contribution in [-0.4, -0.2) is 16.7 Å². The normalized spacial score (nSPS) is 10.9. The van der Waals surface area contributed by atoms with E-state index in [0.717, 1.165) is 10.4 Å². The molecule has 2 aromatic heterocycles. The summed E-state index contributed by atoms with van der Waals surface area (Å²) in [7, 11) is 1.64. The van der Waals surface area contributed by atoms with Crippen LogP contribution in [0.5, 0.6) is 0 Å². The summed E-state index contributed by atoms with van der Waals surface area (Å²) in [5.74, 6) is 0.191. The summed E-state index contributed by atoms with van der Waals surface area (Å²) in [5, 5.41) is 0.654. The lowest BCUT2D eigenvalue weighted by Crippen LogP contribution is -2.29. The average Bonchev–Trinajstić information content (AvgIpc) is 2.43. The third-order valence-electron chi connectivity index (χ3n) is 2.45. The summed E-state index contributed by atoms with van der Waals surface area (Å²) in [4.78, 5) is 18.0. The molecular formula is C9H12N4OS. The molecular weight excluding hydrogens is 212 g/mol. The molecule has 0 aliphatic heterocycles. The van der Waals surface area contributed by atoms with E-state index >= 15 is 0 Å². The van der Waals surface area contributed by atoms with E-state index in [-0.39, 0.29) is 11.5 Å². The van der Waals surface area contributed by atoms with E-state index in [0.29, 0.717) is 10.2 Å². The smallest absolute Gasteiger partial charge is 0.282 e. The Balaban J connectivity index is 2.99. The zero-order valence-corrected chi connectivity index (χ0v) is 9.60. The number of hydrogen-bond donors (Lipinski definition) is 2. The molecule has 0 bridgehead atoms. The van der Waals surface area contributed by atoms with Gasteiger partial charge in [-0.2, -0.15) is 4.68 Å². The summed E-state index contributed by atoms with van der Waals surface area (Å²) < 4.78 is 1.25. The maximum atomic E-state index is 12.0. The molecule has 0 aliphatic carbocycles. The minimum Gasteiger partial charge on any atom is -0.368 e. The first-order valence-corrected chi connectivity index (χ1v) is 5.34. The van der Waals surface area contributed by atoms with Crippen LogP contribution >= 0.6 is 11.3 Å². The molecule has 0 aromatic carbocycles. The van der Waals surface area contributed by atoms with Crippen molar-refractivity contribution in [2.45, 2.75) is 13.8 Å². The molecule has 0 spiro atoms. The van der Waals surface area contributed by atoms with Crippen LogP contribution in [0.2, 0.25) is 0 Å². The molecule has 0 atom stereocenters. The Morgan fingerprint density at radius 1 is 1.47 bits per heavy atom. The Kier molecular flexibility index (Phi) is 2.15. The van der Waals surface area contributed by atoms with E-state index in [4.69, 9.17) is 5.73 Å². The second kappa shape index (κ2) is 3.23. The standard InChI is InChI=1S/C9H12N4OS/c1-4-5(2)15-7-6(4)8(14)13(11-3)9(10)12-7/h11H,1-3H3,(H2,10,12). The number of hydrogen-bond acceptors (Lipinski definition) is 5. The highest BCUT2D eigenvalue weighted by Gasteiger charge is 2.13. The fourth-order valence-corrected chi connectivity index (χ4v) is 2.55. The number of aryl methyl sites for hydroxylation is 2. The second-order valence-corrected chi connectivity index (χ2v) is 4.50. The van der Waals surface area contributed by atoms with Crippen LogP contribution in [0.15, 0.2) is 4.79 Å². The van der Waals surface area contributed by atoms with Crippen molar-refractivity contribution in [1.29, 1.82) is 0 Å². The summed E-state index contributed by atoms with van der Waals surface area (Å²) in [6.07, 6.45) is 0. The number of nitrogens with zero attached hydrogens (tertiary/aromatic N) is 2. The number of anilines is 1. The number of fused-ring (bicyclic) bond motifs is 1. The first-order chi connectivity index (χ1) is 7.06. The molecule has 0 unspecified atom stereocenters. The van der Waals surface area contributed by atoms with Gasteiger partial charge in [-0.05, 0) is 19.4 Å². The number of nitrogen functional groups attached to an aromatic ring is 1. The third-order valence-corrected chi connectivity index (χ3v) is 3.55. The lowest BCUT2D eigenvalue weighted by molar-refractivity contribution is 0.874. The van der Waals surface area contributed by atoms with Gasteiger partial charge in [0.05, 0.1) is 5.39 Å². The highest BCUT2D eigenvalue weighted by molar-refractivity contribution is 7.18. The minimum absolute atomic E-state index is 0.137. The molecule has 2 rings (SSSR count). The van der Waals surface area contributed by atoms with Gasteiger partial charge in [-0.1, -0.05) is 0 Å². The lowest BCUT2D eigenvalue weighted by atomic mass is 10.2. The summed E-state index contributed by atoms with van der Waals surface area (Å²) >= 11 is 1.49. The van der Waals surface area contributed by atoms with Gasteiger partial charge in [-0.15, -0.1) is 11.3 Å². The molecule has 80 valence electrons. The predicted octanol–water partition coefficient (Wildman–Crippen LogP) is 0.830. The van der Waals surface area contributed by atoms with Crippen molar-refractivity contribution in [3.05, 3.63) is 20.8 Å². The fourth-order valence-electron chi connectivity index (χ4n) is 1.53. The van der Waals surface area contributed by atoms with Crippen LogP contribution in [-0.2, 0) is 0 Å². The Bertz CT molecular complexity index is 584. The molecule has 0 radical (unpaired) electrons. The van der Waals surface area contributed by atoms with Crippen molar-refractivity contribution in [2.24, 2.45) is 0 Å². The first-order valence-electron chi connectivity index (χ1n) is 4.52. The van der Waals surface area contributed by atoms with Crippen molar-refractivity contribution in [1.82, 2.24) is 9.66 Å². The number of rotatable bonds is 1. The van der Waals surface area contributed by atoms with Gasteiger partial charge in [0, 0.05) is 11.9 Å². The molecule has 0 saturated heterocycles. The van der Waals surface area contributed by atoms with Gasteiger partial charge in [-0.25, -0.2) is 4.98 Å². The molecule has 0 amide bonds. The summed E-state index contributed by atoms with van der Waals surface area (Å²) in [5.41, 5.74) is 9.21. The number of thiophene rings is 1. The largest absolute Gasteiger partial charge is 0.368 e. The topological polar surface area (TPSA) is 72.9 Å². The lowest BCUT2D eigenvalue weighted by Gasteiger charge is -2.06. The molecule has 0 fully saturated rings. The molecule has 6 heteroatoms. The molecule has 5 nitrogen and oxygen atoms in total. The average molecular weight is 224 g/mol. The predicted molar refractivity (Wildman–Crippen MR) is 63.1 cm³/mol. The summed E-state index contributed by atoms with van der Waals surface area (Å²) in [6.45, 7) is 3.90. The molecule has 0 aliphatic rings. The Morgan fingerprint density at radius 2 is 2.13 bits per heavy atom. The Morgan fingerprint density at radius 3 is 2.73 bits per heavy atom. The van der Waals surface area contributed by atoms with Crippen LogP contribution in [0.25, 0.3) is 10.2 Å². The van der Waals surface area contributed by atoms with Crippen LogP contribution in [0.3, 0.4) is 0 Å². The summed E-state index contributed by atoms with van der Waals surface area (Å²) in [6, 6.07) is 0. The monoisotopic (exact) mass is 224 g/mol. The third kappa shape index (κ3) is 1.29. The number of aromatic nitrogens is 2. The van der Waals surface area contributed by atoms with E-state index in [1.165, 1.54) is 16.0 Å². The van der Waals surface area contributed by atoms with E-state index < -0.39 is 0 Å². The van der Waals surface area contributed by atoms with Crippen molar-refractivity contribution >= 4 is 27.5 Å². The van der Waals surface area contributed by atoms with Crippen molar-refractivity contribution in [3.8, 4) is 0 Å². The zero-order chi connectivity index (χ0) is 11.2. The van der Waals surface area contributed by atoms with Gasteiger partial charge in [0.2, 0.25) is 5.95 Å². The van der Waals surface area contributed by atoms with Crippen LogP contribution in [0.1, 0.15) is 10.4 Å². The van der Waals surface area contributed by atoms with E-state index in [9.17, 15) is 4.79 Å². The molecule has 2 heterocycles. The van der Waals surface area contributed by atoms with Gasteiger partial charge in [0.1, 0.15) is 4.83 Å². The highest BCUT2D eigenvalue weighted by Crippen LogP contribution is 2.26. The molecule has 0 saturated carbocycles. The maximum Gasteiger partial charge on any atom is 0.282 e. The van der Waals surface area contributed by atoms with Gasteiger partial charge >= 0.3 is 0 Å². The Labute approximate surface area is 90.5 Å². The van der Waals surface area contributed by atoms with Crippen molar-refractivity contribution < 1.29 is 0 Å². The zero-order valence-electron chi connectivity index (χ0n) is 8.79. The number of nitrogens with two attached hydrogens (primary N) is 1. The maximum absolute atomic E-state index is 12.0. The molecule has 3 N–H and O–H groups in total. The van der Waals surface area contributed by atoms with Gasteiger partial charge in [-0.3, -0.25) is 4.79 Å². The fraction of sp³-hybridized carbons (Fsp3) is 0.333. The second-order valence-electron chi connectivity index (χ2n) is 3.30. The van der Waals surface area contributed by atoms with E-state index in [2.05, 4.69) is 10.4 Å². The Hall–Kier alpha value is -1.56. The number of nitrogens with one attached hydrogen (secondary N) is 1. The molecule has 15 heavy (non-hydrogen) atoms. The quantitative estimate of drug-likeness (QED) is 0.752. The van der Waals surface area contributed by atoms with Crippen LogP contribution in [0, 0.1) is 13.8 Å². The highest BCUT2D eigenvalue weighted by atomic mass is 32.1. The SMILES string of the molecule is CNn1c(N)nc2sc(C)c(C)c2c1=O. The van der Waals surface area contributed by atoms with Gasteiger partial charge in [0.15, 0.2) is 0 Å². The van der Waals surface area contributed by atoms with Crippen LogP contribution in [0.4, 0.5) is 5.95 Å². The molecule has 2 aromatic rings. The van der Waals surface area contributed by atoms with E-state index in [1.807, 2.05) is 13.8 Å². The van der Waals surface area contributed by atoms with Crippen LogP contribution < -0.4 is 16.7 Å².